The third-order valence-corrected chi connectivity index (χ3v) is 6.14. The lowest BCUT2D eigenvalue weighted by molar-refractivity contribution is -0.121. The second-order valence-corrected chi connectivity index (χ2v) is 8.72. The first kappa shape index (κ1) is 22.2. The Balaban J connectivity index is 1.24. The first-order valence-electron chi connectivity index (χ1n) is 11.6. The first-order chi connectivity index (χ1) is 15.6. The number of nitrogens with one attached hydrogen (secondary N) is 1. The molecule has 4 rings (SSSR count). The molecule has 0 unspecified atom stereocenters. The van der Waals surface area contributed by atoms with Gasteiger partial charge in [-0.2, -0.15) is 4.98 Å². The number of carbonyl (C=O) groups excluding carboxylic acids is 1. The minimum atomic E-state index is 0.0387. The molecule has 1 aliphatic heterocycles. The molecular weight excluding hydrogens is 400 g/mol. The lowest BCUT2D eigenvalue weighted by Gasteiger charge is -2.30. The van der Waals surface area contributed by atoms with Gasteiger partial charge in [-0.05, 0) is 63.4 Å². The second-order valence-electron chi connectivity index (χ2n) is 8.72. The molecule has 1 amide bonds. The number of aromatic nitrogens is 2. The number of hydrogen-bond acceptors (Lipinski definition) is 5. The molecule has 0 atom stereocenters. The van der Waals surface area contributed by atoms with Crippen LogP contribution in [0.15, 0.2) is 53.1 Å². The van der Waals surface area contributed by atoms with Crippen molar-refractivity contribution in [3.8, 4) is 11.4 Å². The van der Waals surface area contributed by atoms with Gasteiger partial charge in [0.05, 0.1) is 6.54 Å². The van der Waals surface area contributed by atoms with Crippen molar-refractivity contribution in [2.24, 2.45) is 5.92 Å². The van der Waals surface area contributed by atoms with Crippen LogP contribution in [0.4, 0.5) is 5.69 Å². The molecule has 2 heterocycles. The van der Waals surface area contributed by atoms with Gasteiger partial charge in [0.2, 0.25) is 17.6 Å². The van der Waals surface area contributed by atoms with Gasteiger partial charge in [0.15, 0.2) is 0 Å². The van der Waals surface area contributed by atoms with Crippen molar-refractivity contribution in [2.75, 3.05) is 18.4 Å². The van der Waals surface area contributed by atoms with E-state index in [0.29, 0.717) is 18.3 Å². The average molecular weight is 433 g/mol. The quantitative estimate of drug-likeness (QED) is 0.527. The fourth-order valence-corrected chi connectivity index (χ4v) is 4.06. The molecule has 1 aliphatic rings. The Morgan fingerprint density at radius 2 is 1.81 bits per heavy atom. The summed E-state index contributed by atoms with van der Waals surface area (Å²) >= 11 is 0. The van der Waals surface area contributed by atoms with Crippen LogP contribution in [-0.2, 0) is 17.8 Å². The number of piperidine rings is 1. The van der Waals surface area contributed by atoms with Gasteiger partial charge in [0.25, 0.3) is 0 Å². The van der Waals surface area contributed by atoms with E-state index < -0.39 is 0 Å². The zero-order valence-electron chi connectivity index (χ0n) is 19.0. The van der Waals surface area contributed by atoms with Crippen LogP contribution < -0.4 is 5.32 Å². The minimum Gasteiger partial charge on any atom is -0.338 e. The van der Waals surface area contributed by atoms with E-state index in [9.17, 15) is 4.79 Å². The molecule has 6 heteroatoms. The SMILES string of the molecule is CCCCc1ccc(NC(=O)C2CCN(Cc3nc(-c4ccc(C)cc4)no3)CC2)cc1. The highest BCUT2D eigenvalue weighted by atomic mass is 16.5. The second kappa shape index (κ2) is 10.6. The third-order valence-electron chi connectivity index (χ3n) is 6.14. The fourth-order valence-electron chi connectivity index (χ4n) is 4.06. The van der Waals surface area contributed by atoms with Crippen LogP contribution >= 0.6 is 0 Å². The van der Waals surface area contributed by atoms with Crippen LogP contribution in [0.5, 0.6) is 0 Å². The van der Waals surface area contributed by atoms with E-state index in [1.165, 1.54) is 24.0 Å². The number of rotatable bonds is 8. The number of anilines is 1. The Morgan fingerprint density at radius 3 is 2.50 bits per heavy atom. The fraction of sp³-hybridized carbons (Fsp3) is 0.423. The molecule has 0 spiro atoms. The molecule has 3 aromatic rings. The number of aryl methyl sites for hydroxylation is 2. The van der Waals surface area contributed by atoms with Crippen molar-refractivity contribution >= 4 is 11.6 Å². The van der Waals surface area contributed by atoms with Crippen LogP contribution in [0.1, 0.15) is 49.6 Å². The molecule has 1 N–H and O–H groups in total. The number of hydrogen-bond donors (Lipinski definition) is 1. The molecular formula is C26H32N4O2. The Morgan fingerprint density at radius 1 is 1.09 bits per heavy atom. The molecule has 0 bridgehead atoms. The highest BCUT2D eigenvalue weighted by Crippen LogP contribution is 2.22. The zero-order chi connectivity index (χ0) is 22.3. The lowest BCUT2D eigenvalue weighted by atomic mass is 9.95. The molecule has 1 aromatic heterocycles. The van der Waals surface area contributed by atoms with Gasteiger partial charge < -0.3 is 9.84 Å². The van der Waals surface area contributed by atoms with Crippen LogP contribution in [0.2, 0.25) is 0 Å². The number of nitrogens with zero attached hydrogens (tertiary/aromatic N) is 3. The summed E-state index contributed by atoms with van der Waals surface area (Å²) in [5, 5.41) is 7.20. The van der Waals surface area contributed by atoms with Gasteiger partial charge in [-0.1, -0.05) is 60.5 Å². The number of benzene rings is 2. The van der Waals surface area contributed by atoms with E-state index in [-0.39, 0.29) is 11.8 Å². The molecule has 1 saturated heterocycles. The smallest absolute Gasteiger partial charge is 0.241 e. The molecule has 0 radical (unpaired) electrons. The van der Waals surface area contributed by atoms with Gasteiger partial charge in [-0.3, -0.25) is 9.69 Å². The van der Waals surface area contributed by atoms with E-state index in [1.54, 1.807) is 0 Å². The van der Waals surface area contributed by atoms with Gasteiger partial charge in [-0.15, -0.1) is 0 Å². The number of unbranched alkanes of at least 4 members (excludes halogenated alkanes) is 1. The van der Waals surface area contributed by atoms with Crippen LogP contribution in [0.25, 0.3) is 11.4 Å². The number of amides is 1. The maximum atomic E-state index is 12.7. The Hall–Kier alpha value is -2.99. The molecule has 6 nitrogen and oxygen atoms in total. The summed E-state index contributed by atoms with van der Waals surface area (Å²) < 4.78 is 5.46. The van der Waals surface area contributed by atoms with Gasteiger partial charge in [-0.25, -0.2) is 0 Å². The van der Waals surface area contributed by atoms with E-state index in [0.717, 1.165) is 43.6 Å². The Bertz CT molecular complexity index is 1000. The summed E-state index contributed by atoms with van der Waals surface area (Å²) in [5.41, 5.74) is 4.37. The molecule has 2 aromatic carbocycles. The maximum absolute atomic E-state index is 12.7. The first-order valence-corrected chi connectivity index (χ1v) is 11.6. The number of likely N-dealkylation sites (tertiary alicyclic amines) is 1. The van der Waals surface area contributed by atoms with Crippen LogP contribution in [-0.4, -0.2) is 34.0 Å². The summed E-state index contributed by atoms with van der Waals surface area (Å²) in [6, 6.07) is 16.4. The van der Waals surface area contributed by atoms with Gasteiger partial charge >= 0.3 is 0 Å². The largest absolute Gasteiger partial charge is 0.338 e. The Kier molecular flexibility index (Phi) is 7.32. The lowest BCUT2D eigenvalue weighted by Crippen LogP contribution is -2.37. The topological polar surface area (TPSA) is 71.3 Å². The predicted octanol–water partition coefficient (Wildman–Crippen LogP) is 5.24. The van der Waals surface area contributed by atoms with Crippen molar-refractivity contribution in [2.45, 2.75) is 52.5 Å². The van der Waals surface area contributed by atoms with E-state index in [1.807, 2.05) is 36.4 Å². The van der Waals surface area contributed by atoms with Crippen molar-refractivity contribution in [1.29, 1.82) is 0 Å². The van der Waals surface area contributed by atoms with E-state index in [2.05, 4.69) is 46.3 Å². The van der Waals surface area contributed by atoms with Crippen LogP contribution in [0.3, 0.4) is 0 Å². The Labute approximate surface area is 190 Å². The summed E-state index contributed by atoms with van der Waals surface area (Å²) in [5.74, 6) is 1.39. The summed E-state index contributed by atoms with van der Waals surface area (Å²) in [4.78, 5) is 19.5. The monoisotopic (exact) mass is 432 g/mol. The molecule has 0 saturated carbocycles. The van der Waals surface area contributed by atoms with Crippen molar-refractivity contribution < 1.29 is 9.32 Å². The van der Waals surface area contributed by atoms with Crippen molar-refractivity contribution in [3.05, 3.63) is 65.5 Å². The highest BCUT2D eigenvalue weighted by molar-refractivity contribution is 5.92. The molecule has 32 heavy (non-hydrogen) atoms. The molecule has 1 fully saturated rings. The van der Waals surface area contributed by atoms with E-state index in [4.69, 9.17) is 4.52 Å². The van der Waals surface area contributed by atoms with Crippen molar-refractivity contribution in [1.82, 2.24) is 15.0 Å². The maximum Gasteiger partial charge on any atom is 0.241 e. The molecule has 168 valence electrons. The van der Waals surface area contributed by atoms with Crippen LogP contribution in [0, 0.1) is 12.8 Å². The standard InChI is InChI=1S/C26H32N4O2/c1-3-4-5-20-8-12-23(13-9-20)27-26(31)22-14-16-30(17-15-22)18-24-28-25(29-32-24)21-10-6-19(2)7-11-21/h6-13,22H,3-5,14-18H2,1-2H3,(H,27,31). The summed E-state index contributed by atoms with van der Waals surface area (Å²) in [7, 11) is 0. The highest BCUT2D eigenvalue weighted by Gasteiger charge is 2.26. The van der Waals surface area contributed by atoms with Gasteiger partial charge in [0.1, 0.15) is 0 Å². The van der Waals surface area contributed by atoms with Gasteiger partial charge in [0, 0.05) is 17.2 Å². The molecule has 0 aliphatic carbocycles. The minimum absolute atomic E-state index is 0.0387. The van der Waals surface area contributed by atoms with Crippen molar-refractivity contribution in [3.63, 3.8) is 0 Å². The summed E-state index contributed by atoms with van der Waals surface area (Å²) in [6.07, 6.45) is 5.15. The summed E-state index contributed by atoms with van der Waals surface area (Å²) in [6.45, 7) is 6.56. The third kappa shape index (κ3) is 5.82. The normalized spacial score (nSPS) is 15.1. The average Bonchev–Trinajstić information content (AvgIpc) is 3.28. The number of carbonyl (C=O) groups is 1. The van der Waals surface area contributed by atoms with E-state index >= 15 is 0 Å². The predicted molar refractivity (Wildman–Crippen MR) is 126 cm³/mol. The zero-order valence-corrected chi connectivity index (χ0v) is 19.0.